The molecule has 6 heteroatoms. The lowest BCUT2D eigenvalue weighted by molar-refractivity contribution is 0.0339. The third kappa shape index (κ3) is 3.11. The van der Waals surface area contributed by atoms with Crippen LogP contribution < -0.4 is 0 Å². The molecule has 1 saturated carbocycles. The van der Waals surface area contributed by atoms with Gasteiger partial charge in [0.25, 0.3) is 5.91 Å². The number of amides is 1. The van der Waals surface area contributed by atoms with Gasteiger partial charge in [-0.15, -0.1) is 0 Å². The highest BCUT2D eigenvalue weighted by molar-refractivity contribution is 5.93. The maximum absolute atomic E-state index is 13.2. The monoisotopic (exact) mass is 342 g/mol. The van der Waals surface area contributed by atoms with Crippen LogP contribution in [0.15, 0.2) is 24.5 Å². The lowest BCUT2D eigenvalue weighted by atomic mass is 9.99. The topological polar surface area (TPSA) is 52.3 Å². The van der Waals surface area contributed by atoms with Crippen molar-refractivity contribution >= 4 is 5.91 Å². The van der Waals surface area contributed by atoms with Crippen LogP contribution in [0.3, 0.4) is 0 Å². The van der Waals surface area contributed by atoms with E-state index in [2.05, 4.69) is 12.0 Å². The van der Waals surface area contributed by atoms with Gasteiger partial charge in [-0.3, -0.25) is 9.48 Å². The van der Waals surface area contributed by atoms with Crippen molar-refractivity contribution in [1.82, 2.24) is 19.2 Å². The highest BCUT2D eigenvalue weighted by Crippen LogP contribution is 2.33. The van der Waals surface area contributed by atoms with Gasteiger partial charge in [0.15, 0.2) is 0 Å². The second-order valence-corrected chi connectivity index (χ2v) is 7.12. The number of carbonyl (C=O) groups excluding carboxylic acids is 1. The van der Waals surface area contributed by atoms with Crippen molar-refractivity contribution in [2.24, 2.45) is 13.0 Å². The van der Waals surface area contributed by atoms with Crippen molar-refractivity contribution in [2.75, 3.05) is 19.8 Å². The molecule has 1 aliphatic carbocycles. The summed E-state index contributed by atoms with van der Waals surface area (Å²) in [5.74, 6) is 0.790. The van der Waals surface area contributed by atoms with E-state index < -0.39 is 0 Å². The number of hydrogen-bond donors (Lipinski definition) is 0. The number of aromatic nitrogens is 3. The quantitative estimate of drug-likeness (QED) is 0.810. The van der Waals surface area contributed by atoms with Gasteiger partial charge >= 0.3 is 0 Å². The molecule has 0 spiro atoms. The number of aryl methyl sites for hydroxylation is 2. The van der Waals surface area contributed by atoms with Crippen LogP contribution in [0.25, 0.3) is 0 Å². The van der Waals surface area contributed by atoms with Gasteiger partial charge in [0.1, 0.15) is 5.69 Å². The van der Waals surface area contributed by atoms with E-state index in [4.69, 9.17) is 4.74 Å². The number of fused-ring (bicyclic) bond motifs is 1. The first-order valence-electron chi connectivity index (χ1n) is 9.23. The first-order chi connectivity index (χ1) is 12.2. The maximum Gasteiger partial charge on any atom is 0.271 e. The summed E-state index contributed by atoms with van der Waals surface area (Å²) in [6.07, 6.45) is 7.27. The molecule has 0 N–H and O–H groups in total. The second-order valence-electron chi connectivity index (χ2n) is 7.12. The highest BCUT2D eigenvalue weighted by atomic mass is 16.5. The Morgan fingerprint density at radius 2 is 2.20 bits per heavy atom. The molecule has 2 aliphatic rings. The average Bonchev–Trinajstić information content (AvgIpc) is 3.18. The third-order valence-corrected chi connectivity index (χ3v) is 5.32. The smallest absolute Gasteiger partial charge is 0.271 e. The molecular formula is C19H26N4O2. The van der Waals surface area contributed by atoms with E-state index in [-0.39, 0.29) is 11.9 Å². The van der Waals surface area contributed by atoms with Crippen molar-refractivity contribution < 1.29 is 9.53 Å². The molecule has 134 valence electrons. The predicted octanol–water partition coefficient (Wildman–Crippen LogP) is 2.41. The van der Waals surface area contributed by atoms with Crippen LogP contribution in [0, 0.1) is 5.92 Å². The molecule has 2 aromatic rings. The minimum Gasteiger partial charge on any atom is -0.379 e. The van der Waals surface area contributed by atoms with E-state index in [0.29, 0.717) is 13.2 Å². The average molecular weight is 342 g/mol. The van der Waals surface area contributed by atoms with Gasteiger partial charge < -0.3 is 14.2 Å². The summed E-state index contributed by atoms with van der Waals surface area (Å²) in [6, 6.07) is 3.74. The number of nitrogens with zero attached hydrogens (tertiary/aromatic N) is 4. The Morgan fingerprint density at radius 1 is 1.36 bits per heavy atom. The summed E-state index contributed by atoms with van der Waals surface area (Å²) in [6.45, 7) is 4.96. The summed E-state index contributed by atoms with van der Waals surface area (Å²) in [7, 11) is 1.91. The van der Waals surface area contributed by atoms with Gasteiger partial charge in [-0.1, -0.05) is 0 Å². The molecule has 25 heavy (non-hydrogen) atoms. The molecule has 1 fully saturated rings. The Labute approximate surface area is 148 Å². The first kappa shape index (κ1) is 16.4. The Balaban J connectivity index is 1.62. The Hall–Kier alpha value is -2.08. The van der Waals surface area contributed by atoms with Crippen LogP contribution in [0.4, 0.5) is 0 Å². The van der Waals surface area contributed by atoms with Gasteiger partial charge in [0.05, 0.1) is 24.5 Å². The Kier molecular flexibility index (Phi) is 4.37. The van der Waals surface area contributed by atoms with E-state index in [0.717, 1.165) is 36.9 Å². The first-order valence-corrected chi connectivity index (χ1v) is 9.23. The van der Waals surface area contributed by atoms with Crippen LogP contribution in [0.1, 0.15) is 47.6 Å². The lowest BCUT2D eigenvalue weighted by Crippen LogP contribution is -2.43. The second kappa shape index (κ2) is 6.67. The molecule has 0 unspecified atom stereocenters. The van der Waals surface area contributed by atoms with Crippen molar-refractivity contribution in [1.29, 1.82) is 0 Å². The van der Waals surface area contributed by atoms with Crippen LogP contribution >= 0.6 is 0 Å². The zero-order chi connectivity index (χ0) is 17.4. The summed E-state index contributed by atoms with van der Waals surface area (Å²) in [5.41, 5.74) is 3.11. The van der Waals surface area contributed by atoms with Gasteiger partial charge in [-0.05, 0) is 49.8 Å². The summed E-state index contributed by atoms with van der Waals surface area (Å²) in [5, 5.41) is 4.51. The van der Waals surface area contributed by atoms with Crippen molar-refractivity contribution in [2.45, 2.75) is 38.8 Å². The largest absolute Gasteiger partial charge is 0.379 e. The molecule has 1 amide bonds. The molecule has 1 atom stereocenters. The Bertz CT molecular complexity index is 746. The fourth-order valence-electron chi connectivity index (χ4n) is 3.68. The molecule has 0 saturated heterocycles. The fraction of sp³-hybridized carbons (Fsp3) is 0.579. The SMILES string of the molecule is CCn1ncc2c1[C@@H](COCC1CC1)N(C(=O)c1cccn1C)CC2. The Morgan fingerprint density at radius 3 is 2.88 bits per heavy atom. The molecule has 0 bridgehead atoms. The van der Waals surface area contributed by atoms with E-state index in [1.807, 2.05) is 45.7 Å². The fourth-order valence-corrected chi connectivity index (χ4v) is 3.68. The van der Waals surface area contributed by atoms with Gasteiger partial charge in [-0.25, -0.2) is 0 Å². The molecule has 0 aromatic carbocycles. The van der Waals surface area contributed by atoms with Gasteiger partial charge in [0.2, 0.25) is 0 Å². The van der Waals surface area contributed by atoms with Crippen LogP contribution in [-0.2, 0) is 24.8 Å². The van der Waals surface area contributed by atoms with E-state index in [9.17, 15) is 4.79 Å². The maximum atomic E-state index is 13.2. The van der Waals surface area contributed by atoms with E-state index >= 15 is 0 Å². The number of ether oxygens (including phenoxy) is 1. The zero-order valence-corrected chi connectivity index (χ0v) is 15.0. The summed E-state index contributed by atoms with van der Waals surface area (Å²) in [4.78, 5) is 15.1. The molecular weight excluding hydrogens is 316 g/mol. The number of carbonyl (C=O) groups is 1. The third-order valence-electron chi connectivity index (χ3n) is 5.32. The zero-order valence-electron chi connectivity index (χ0n) is 15.0. The van der Waals surface area contributed by atoms with Crippen molar-refractivity contribution in [3.8, 4) is 0 Å². The molecule has 6 nitrogen and oxygen atoms in total. The van der Waals surface area contributed by atoms with Crippen LogP contribution in [0.5, 0.6) is 0 Å². The summed E-state index contributed by atoms with van der Waals surface area (Å²) < 4.78 is 9.91. The molecule has 1 aliphatic heterocycles. The minimum absolute atomic E-state index is 0.0626. The minimum atomic E-state index is -0.0626. The van der Waals surface area contributed by atoms with Crippen molar-refractivity contribution in [3.63, 3.8) is 0 Å². The van der Waals surface area contributed by atoms with Crippen LogP contribution in [-0.4, -0.2) is 44.9 Å². The van der Waals surface area contributed by atoms with E-state index in [1.54, 1.807) is 0 Å². The lowest BCUT2D eigenvalue weighted by Gasteiger charge is -2.36. The summed E-state index contributed by atoms with van der Waals surface area (Å²) >= 11 is 0. The highest BCUT2D eigenvalue weighted by Gasteiger charge is 2.35. The van der Waals surface area contributed by atoms with Gasteiger partial charge in [0, 0.05) is 32.9 Å². The normalized spacial score (nSPS) is 19.9. The molecule has 0 radical (unpaired) electrons. The van der Waals surface area contributed by atoms with Crippen molar-refractivity contribution in [3.05, 3.63) is 41.5 Å². The van der Waals surface area contributed by atoms with E-state index in [1.165, 1.54) is 18.4 Å². The standard InChI is InChI=1S/C19H26N4O2/c1-3-23-18-15(11-20-23)8-10-22(17(18)13-25-12-14-6-7-14)19(24)16-5-4-9-21(16)2/h4-5,9,11,14,17H,3,6-8,10,12-13H2,1-2H3/t17-/m1/s1. The predicted molar refractivity (Wildman–Crippen MR) is 94.3 cm³/mol. The molecule has 2 aromatic heterocycles. The number of rotatable bonds is 6. The molecule has 3 heterocycles. The van der Waals surface area contributed by atoms with Gasteiger partial charge in [-0.2, -0.15) is 5.10 Å². The molecule has 4 rings (SSSR count). The number of hydrogen-bond acceptors (Lipinski definition) is 3. The van der Waals surface area contributed by atoms with Crippen LogP contribution in [0.2, 0.25) is 0 Å².